The van der Waals surface area contributed by atoms with E-state index < -0.39 is 5.91 Å². The molecule has 3 N–H and O–H groups in total. The first-order chi connectivity index (χ1) is 10.5. The Bertz CT molecular complexity index is 731. The molecule has 0 aliphatic carbocycles. The molecular formula is C18H18N2O2. The van der Waals surface area contributed by atoms with Crippen LogP contribution in [-0.2, 0) is 0 Å². The fraction of sp³-hybridized carbons (Fsp3) is 0.111. The maximum absolute atomic E-state index is 12.1. The molecule has 0 bridgehead atoms. The van der Waals surface area contributed by atoms with Gasteiger partial charge in [-0.25, -0.2) is 0 Å². The number of hydrogen-bond acceptors (Lipinski definition) is 3. The van der Waals surface area contributed by atoms with E-state index in [0.717, 1.165) is 16.8 Å². The van der Waals surface area contributed by atoms with Gasteiger partial charge in [-0.2, -0.15) is 0 Å². The van der Waals surface area contributed by atoms with Gasteiger partial charge in [-0.3, -0.25) is 9.59 Å². The van der Waals surface area contributed by atoms with Crippen molar-refractivity contribution in [2.24, 2.45) is 5.73 Å². The van der Waals surface area contributed by atoms with Gasteiger partial charge in [-0.15, -0.1) is 0 Å². The third-order valence-electron chi connectivity index (χ3n) is 3.30. The lowest BCUT2D eigenvalue weighted by Crippen LogP contribution is -2.10. The van der Waals surface area contributed by atoms with Crippen molar-refractivity contribution in [3.8, 4) is 0 Å². The Labute approximate surface area is 129 Å². The number of hydrogen-bond donors (Lipinski definition) is 2. The molecule has 4 nitrogen and oxygen atoms in total. The summed E-state index contributed by atoms with van der Waals surface area (Å²) in [4.78, 5) is 23.1. The number of carbonyl (C=O) groups is 2. The number of rotatable bonds is 5. The first-order valence-corrected chi connectivity index (χ1v) is 6.92. The van der Waals surface area contributed by atoms with E-state index in [0.29, 0.717) is 11.1 Å². The molecule has 2 rings (SSSR count). The Morgan fingerprint density at radius 1 is 1.05 bits per heavy atom. The van der Waals surface area contributed by atoms with Gasteiger partial charge in [0.15, 0.2) is 5.78 Å². The molecule has 0 heterocycles. The first kappa shape index (κ1) is 15.5. The van der Waals surface area contributed by atoms with Crippen molar-refractivity contribution in [3.63, 3.8) is 0 Å². The Morgan fingerprint density at radius 3 is 2.32 bits per heavy atom. The Balaban J connectivity index is 2.02. The van der Waals surface area contributed by atoms with Crippen molar-refractivity contribution >= 4 is 17.4 Å². The minimum Gasteiger partial charge on any atom is -0.366 e. The quantitative estimate of drug-likeness (QED) is 0.657. The average Bonchev–Trinajstić information content (AvgIpc) is 2.47. The van der Waals surface area contributed by atoms with Gasteiger partial charge in [0.25, 0.3) is 0 Å². The molecule has 0 aliphatic rings. The number of carbonyl (C=O) groups excluding carboxylic acids is 2. The van der Waals surface area contributed by atoms with Crippen LogP contribution in [0.2, 0.25) is 0 Å². The number of nitrogens with two attached hydrogens (primary N) is 1. The molecule has 1 amide bonds. The van der Waals surface area contributed by atoms with Crippen LogP contribution in [0.25, 0.3) is 0 Å². The zero-order valence-electron chi connectivity index (χ0n) is 12.6. The lowest BCUT2D eigenvalue weighted by molar-refractivity contribution is 0.0999. The van der Waals surface area contributed by atoms with Crippen molar-refractivity contribution in [2.45, 2.75) is 13.8 Å². The topological polar surface area (TPSA) is 72.2 Å². The number of nitrogens with one attached hydrogen (secondary N) is 1. The number of ketones is 1. The van der Waals surface area contributed by atoms with E-state index in [1.165, 1.54) is 6.08 Å². The number of anilines is 1. The van der Waals surface area contributed by atoms with E-state index >= 15 is 0 Å². The molecule has 0 saturated carbocycles. The Hall–Kier alpha value is -2.88. The summed E-state index contributed by atoms with van der Waals surface area (Å²) in [7, 11) is 0. The molecule has 0 aromatic heterocycles. The van der Waals surface area contributed by atoms with Gasteiger partial charge in [0.2, 0.25) is 5.91 Å². The highest BCUT2D eigenvalue weighted by Crippen LogP contribution is 2.12. The number of benzene rings is 2. The van der Waals surface area contributed by atoms with Gasteiger partial charge in [-0.05, 0) is 43.7 Å². The molecule has 0 aliphatic heterocycles. The van der Waals surface area contributed by atoms with E-state index in [4.69, 9.17) is 5.73 Å². The lowest BCUT2D eigenvalue weighted by Gasteiger charge is -2.04. The van der Waals surface area contributed by atoms with Gasteiger partial charge >= 0.3 is 0 Å². The minimum atomic E-state index is -0.466. The van der Waals surface area contributed by atoms with Gasteiger partial charge in [0.1, 0.15) is 0 Å². The second kappa shape index (κ2) is 6.72. The fourth-order valence-electron chi connectivity index (χ4n) is 2.12. The van der Waals surface area contributed by atoms with Crippen LogP contribution in [0.4, 0.5) is 5.69 Å². The predicted molar refractivity (Wildman–Crippen MR) is 88.0 cm³/mol. The summed E-state index contributed by atoms with van der Waals surface area (Å²) in [5.41, 5.74) is 9.17. The predicted octanol–water partition coefficient (Wildman–Crippen LogP) is 3.21. The second-order valence-corrected chi connectivity index (χ2v) is 5.10. The largest absolute Gasteiger partial charge is 0.366 e. The molecule has 22 heavy (non-hydrogen) atoms. The highest BCUT2D eigenvalue weighted by molar-refractivity contribution is 6.05. The van der Waals surface area contributed by atoms with E-state index in [9.17, 15) is 9.59 Å². The van der Waals surface area contributed by atoms with Crippen molar-refractivity contribution in [3.05, 3.63) is 77.0 Å². The fourth-order valence-corrected chi connectivity index (χ4v) is 2.12. The summed E-state index contributed by atoms with van der Waals surface area (Å²) in [6, 6.07) is 12.5. The van der Waals surface area contributed by atoms with E-state index in [1.807, 2.05) is 32.0 Å². The maximum Gasteiger partial charge on any atom is 0.248 e. The van der Waals surface area contributed by atoms with Crippen LogP contribution in [0, 0.1) is 13.8 Å². The third kappa shape index (κ3) is 3.82. The third-order valence-corrected chi connectivity index (χ3v) is 3.30. The summed E-state index contributed by atoms with van der Waals surface area (Å²) in [5, 5.41) is 2.99. The van der Waals surface area contributed by atoms with Gasteiger partial charge < -0.3 is 11.1 Å². The molecule has 112 valence electrons. The molecule has 4 heteroatoms. The molecular weight excluding hydrogens is 276 g/mol. The number of primary amides is 1. The zero-order valence-corrected chi connectivity index (χ0v) is 12.6. The smallest absolute Gasteiger partial charge is 0.248 e. The van der Waals surface area contributed by atoms with Crippen LogP contribution in [0.15, 0.2) is 54.7 Å². The molecule has 2 aromatic rings. The normalized spacial score (nSPS) is 10.6. The standard InChI is InChI=1S/C18H18N2O2/c1-12-3-8-16(13(2)11-12)17(21)9-10-20-15-6-4-14(5-7-15)18(19)22/h3-11,20H,1-2H3,(H2,19,22)/b10-9+. The van der Waals surface area contributed by atoms with Crippen molar-refractivity contribution in [2.75, 3.05) is 5.32 Å². The number of amides is 1. The van der Waals surface area contributed by atoms with Crippen LogP contribution in [0.3, 0.4) is 0 Å². The van der Waals surface area contributed by atoms with Crippen molar-refractivity contribution < 1.29 is 9.59 Å². The first-order valence-electron chi connectivity index (χ1n) is 6.92. The Morgan fingerprint density at radius 2 is 1.73 bits per heavy atom. The van der Waals surface area contributed by atoms with Crippen LogP contribution >= 0.6 is 0 Å². The zero-order chi connectivity index (χ0) is 16.1. The SMILES string of the molecule is Cc1ccc(C(=O)/C=C/Nc2ccc(C(N)=O)cc2)c(C)c1. The summed E-state index contributed by atoms with van der Waals surface area (Å²) in [5.74, 6) is -0.522. The van der Waals surface area contributed by atoms with Gasteiger partial charge in [0.05, 0.1) is 0 Å². The van der Waals surface area contributed by atoms with Gasteiger partial charge in [0, 0.05) is 29.1 Å². The van der Waals surface area contributed by atoms with Crippen LogP contribution < -0.4 is 11.1 Å². The average molecular weight is 294 g/mol. The molecule has 0 radical (unpaired) electrons. The monoisotopic (exact) mass is 294 g/mol. The molecule has 0 saturated heterocycles. The lowest BCUT2D eigenvalue weighted by atomic mass is 10.0. The summed E-state index contributed by atoms with van der Waals surface area (Å²) in [6.45, 7) is 3.92. The molecule has 0 atom stereocenters. The molecule has 0 unspecified atom stereocenters. The number of aryl methyl sites for hydroxylation is 2. The minimum absolute atomic E-state index is 0.0567. The molecule has 0 spiro atoms. The number of allylic oxidation sites excluding steroid dienone is 1. The van der Waals surface area contributed by atoms with Crippen LogP contribution in [0.5, 0.6) is 0 Å². The van der Waals surface area contributed by atoms with Crippen LogP contribution in [0.1, 0.15) is 31.8 Å². The van der Waals surface area contributed by atoms with Gasteiger partial charge in [-0.1, -0.05) is 23.8 Å². The van der Waals surface area contributed by atoms with E-state index in [2.05, 4.69) is 5.32 Å². The highest BCUT2D eigenvalue weighted by Gasteiger charge is 2.05. The summed E-state index contributed by atoms with van der Waals surface area (Å²) in [6.07, 6.45) is 3.07. The molecule has 2 aromatic carbocycles. The highest BCUT2D eigenvalue weighted by atomic mass is 16.1. The van der Waals surface area contributed by atoms with E-state index in [1.54, 1.807) is 30.5 Å². The van der Waals surface area contributed by atoms with Crippen molar-refractivity contribution in [1.82, 2.24) is 0 Å². The van der Waals surface area contributed by atoms with Crippen molar-refractivity contribution in [1.29, 1.82) is 0 Å². The van der Waals surface area contributed by atoms with Crippen LogP contribution in [-0.4, -0.2) is 11.7 Å². The second-order valence-electron chi connectivity index (χ2n) is 5.10. The van der Waals surface area contributed by atoms with E-state index in [-0.39, 0.29) is 5.78 Å². The maximum atomic E-state index is 12.1. The Kier molecular flexibility index (Phi) is 4.73. The molecule has 0 fully saturated rings. The summed E-state index contributed by atoms with van der Waals surface area (Å²) >= 11 is 0. The summed E-state index contributed by atoms with van der Waals surface area (Å²) < 4.78 is 0.